The fourth-order valence-electron chi connectivity index (χ4n) is 1.01. The van der Waals surface area contributed by atoms with E-state index in [1.807, 2.05) is 0 Å². The smallest absolute Gasteiger partial charge is 0.297 e. The normalized spacial score (nSPS) is 20.4. The van der Waals surface area contributed by atoms with E-state index in [-0.39, 0.29) is 5.78 Å². The minimum atomic E-state index is -0.963. The summed E-state index contributed by atoms with van der Waals surface area (Å²) in [5.74, 6) is -0.660. The molecule has 0 aromatic rings. The number of hydrogen-bond acceptors (Lipinski definition) is 3. The van der Waals surface area contributed by atoms with Crippen LogP contribution in [0.5, 0.6) is 0 Å². The first kappa shape index (κ1) is 10.4. The van der Waals surface area contributed by atoms with Crippen LogP contribution < -0.4 is 0 Å². The summed E-state index contributed by atoms with van der Waals surface area (Å²) in [7, 11) is 0. The second kappa shape index (κ2) is 5.11. The molecule has 0 aromatic carbocycles. The van der Waals surface area contributed by atoms with Gasteiger partial charge < -0.3 is 4.74 Å². The maximum Gasteiger partial charge on any atom is 0.297 e. The third-order valence-electron chi connectivity index (χ3n) is 1.70. The molecule has 0 aliphatic carbocycles. The zero-order valence-electron chi connectivity index (χ0n) is 7.03. The van der Waals surface area contributed by atoms with Crippen LogP contribution in [-0.2, 0) is 14.3 Å². The summed E-state index contributed by atoms with van der Waals surface area (Å²) >= 11 is 3.26. The lowest BCUT2D eigenvalue weighted by Gasteiger charge is -2.04. The molecule has 4 nitrogen and oxygen atoms in total. The molecule has 1 atom stereocenters. The van der Waals surface area contributed by atoms with Crippen molar-refractivity contribution in [2.45, 2.75) is 25.4 Å². The van der Waals surface area contributed by atoms with Gasteiger partial charge in [0, 0.05) is 11.8 Å². The first-order chi connectivity index (χ1) is 6.25. The monoisotopic (exact) mass is 247 g/mol. The van der Waals surface area contributed by atoms with Crippen LogP contribution >= 0.6 is 15.9 Å². The molecule has 1 unspecified atom stereocenters. The molecule has 0 spiro atoms. The quantitative estimate of drug-likeness (QED) is 0.415. The van der Waals surface area contributed by atoms with Crippen molar-refractivity contribution in [2.75, 3.05) is 5.33 Å². The lowest BCUT2D eigenvalue weighted by molar-refractivity contribution is -0.134. The molecular formula is C8H10BrNO3. The number of nitrogens with zero attached hydrogens (tertiary/aromatic N) is 1. The minimum Gasteiger partial charge on any atom is -0.462 e. The summed E-state index contributed by atoms with van der Waals surface area (Å²) in [5.41, 5.74) is 0. The molecule has 5 heteroatoms. The molecule has 0 radical (unpaired) electrons. The zero-order valence-corrected chi connectivity index (χ0v) is 8.62. The Labute approximate surface area is 84.5 Å². The summed E-state index contributed by atoms with van der Waals surface area (Å²) in [6, 6.07) is 0. The zero-order chi connectivity index (χ0) is 9.68. The molecule has 1 aliphatic heterocycles. The van der Waals surface area contributed by atoms with E-state index in [0.29, 0.717) is 6.42 Å². The van der Waals surface area contributed by atoms with Crippen LogP contribution in [0.2, 0.25) is 0 Å². The van der Waals surface area contributed by atoms with E-state index in [0.717, 1.165) is 24.6 Å². The average molecular weight is 248 g/mol. The first-order valence-electron chi connectivity index (χ1n) is 4.06. The Balaban J connectivity index is 2.28. The van der Waals surface area contributed by atoms with Gasteiger partial charge in [-0.05, 0) is 12.8 Å². The highest BCUT2D eigenvalue weighted by Gasteiger charge is 2.29. The molecule has 0 fully saturated rings. The Kier molecular flexibility index (Phi) is 4.08. The Morgan fingerprint density at radius 3 is 2.92 bits per heavy atom. The molecule has 0 aromatic heterocycles. The summed E-state index contributed by atoms with van der Waals surface area (Å²) in [6.07, 6.45) is 2.15. The van der Waals surface area contributed by atoms with E-state index in [2.05, 4.69) is 20.9 Å². The van der Waals surface area contributed by atoms with Crippen LogP contribution in [0.15, 0.2) is 4.99 Å². The first-order valence-corrected chi connectivity index (χ1v) is 5.18. The predicted octanol–water partition coefficient (Wildman–Crippen LogP) is 1.07. The third-order valence-corrected chi connectivity index (χ3v) is 2.26. The van der Waals surface area contributed by atoms with Gasteiger partial charge in [-0.15, -0.1) is 0 Å². The van der Waals surface area contributed by atoms with Gasteiger partial charge in [0.1, 0.15) is 0 Å². The summed E-state index contributed by atoms with van der Waals surface area (Å²) in [5, 5.41) is 0.871. The van der Waals surface area contributed by atoms with E-state index in [1.165, 1.54) is 0 Å². The van der Waals surface area contributed by atoms with Crippen LogP contribution in [0.3, 0.4) is 0 Å². The van der Waals surface area contributed by atoms with E-state index in [1.54, 1.807) is 0 Å². The SMILES string of the molecule is O=C(CCCCBr)C1OC=NC1=O. The topological polar surface area (TPSA) is 55.7 Å². The van der Waals surface area contributed by atoms with Gasteiger partial charge in [0.05, 0.1) is 0 Å². The Morgan fingerprint density at radius 1 is 1.62 bits per heavy atom. The van der Waals surface area contributed by atoms with Crippen molar-refractivity contribution in [3.05, 3.63) is 0 Å². The van der Waals surface area contributed by atoms with Crippen molar-refractivity contribution < 1.29 is 14.3 Å². The van der Waals surface area contributed by atoms with Gasteiger partial charge in [-0.3, -0.25) is 9.59 Å². The van der Waals surface area contributed by atoms with Crippen LogP contribution in [0.25, 0.3) is 0 Å². The number of amides is 1. The number of carbonyl (C=O) groups excluding carboxylic acids is 2. The second-order valence-electron chi connectivity index (χ2n) is 2.70. The molecule has 0 bridgehead atoms. The lowest BCUT2D eigenvalue weighted by atomic mass is 10.1. The van der Waals surface area contributed by atoms with E-state index in [9.17, 15) is 9.59 Å². The largest absolute Gasteiger partial charge is 0.462 e. The van der Waals surface area contributed by atoms with Crippen LogP contribution in [0.4, 0.5) is 0 Å². The van der Waals surface area contributed by atoms with E-state index in [4.69, 9.17) is 4.74 Å². The Morgan fingerprint density at radius 2 is 2.38 bits per heavy atom. The van der Waals surface area contributed by atoms with Gasteiger partial charge in [-0.1, -0.05) is 15.9 Å². The molecule has 0 saturated carbocycles. The fraction of sp³-hybridized carbons (Fsp3) is 0.625. The molecule has 1 aliphatic rings. The van der Waals surface area contributed by atoms with Crippen molar-refractivity contribution >= 4 is 34.0 Å². The van der Waals surface area contributed by atoms with Gasteiger partial charge in [0.15, 0.2) is 12.2 Å². The number of hydrogen-bond donors (Lipinski definition) is 0. The molecule has 1 amide bonds. The highest BCUT2D eigenvalue weighted by Crippen LogP contribution is 2.08. The van der Waals surface area contributed by atoms with Crippen molar-refractivity contribution in [3.8, 4) is 0 Å². The van der Waals surface area contributed by atoms with Crippen LogP contribution in [-0.4, -0.2) is 29.5 Å². The molecule has 1 rings (SSSR count). The number of halogens is 1. The average Bonchev–Trinajstić information content (AvgIpc) is 2.52. The highest BCUT2D eigenvalue weighted by molar-refractivity contribution is 9.09. The van der Waals surface area contributed by atoms with Crippen molar-refractivity contribution in [1.29, 1.82) is 0 Å². The number of carbonyl (C=O) groups is 2. The number of unbranched alkanes of at least 4 members (excludes halogenated alkanes) is 1. The second-order valence-corrected chi connectivity index (χ2v) is 3.49. The summed E-state index contributed by atoms with van der Waals surface area (Å²) < 4.78 is 4.76. The number of alkyl halides is 1. The maximum absolute atomic E-state index is 11.3. The predicted molar refractivity (Wildman–Crippen MR) is 51.0 cm³/mol. The highest BCUT2D eigenvalue weighted by atomic mass is 79.9. The third kappa shape index (κ3) is 2.91. The van der Waals surface area contributed by atoms with E-state index >= 15 is 0 Å². The number of aliphatic imine (C=N–C) groups is 1. The molecule has 0 N–H and O–H groups in total. The minimum absolute atomic E-state index is 0.177. The Bertz CT molecular complexity index is 240. The maximum atomic E-state index is 11.3. The van der Waals surface area contributed by atoms with Crippen molar-refractivity contribution in [2.24, 2.45) is 4.99 Å². The molecule has 1 heterocycles. The van der Waals surface area contributed by atoms with Gasteiger partial charge in [-0.2, -0.15) is 4.99 Å². The number of ether oxygens (including phenoxy) is 1. The summed E-state index contributed by atoms with van der Waals surface area (Å²) in [6.45, 7) is 0. The molecule has 0 saturated heterocycles. The fourth-order valence-corrected chi connectivity index (χ4v) is 1.40. The lowest BCUT2D eigenvalue weighted by Crippen LogP contribution is -2.27. The number of ketones is 1. The van der Waals surface area contributed by atoms with Crippen LogP contribution in [0.1, 0.15) is 19.3 Å². The van der Waals surface area contributed by atoms with Gasteiger partial charge in [-0.25, -0.2) is 0 Å². The van der Waals surface area contributed by atoms with Gasteiger partial charge in [0.25, 0.3) is 5.91 Å². The molecule has 72 valence electrons. The Hall–Kier alpha value is -0.710. The van der Waals surface area contributed by atoms with Gasteiger partial charge in [0.2, 0.25) is 6.10 Å². The number of rotatable bonds is 5. The molecular weight excluding hydrogens is 238 g/mol. The van der Waals surface area contributed by atoms with Gasteiger partial charge >= 0.3 is 0 Å². The molecule has 13 heavy (non-hydrogen) atoms. The van der Waals surface area contributed by atoms with Crippen molar-refractivity contribution in [3.63, 3.8) is 0 Å². The van der Waals surface area contributed by atoms with Crippen LogP contribution in [0, 0.1) is 0 Å². The standard InChI is InChI=1S/C8H10BrNO3/c9-4-2-1-3-6(11)7-8(12)10-5-13-7/h5,7H,1-4H2. The summed E-state index contributed by atoms with van der Waals surface area (Å²) in [4.78, 5) is 25.5. The van der Waals surface area contributed by atoms with Crippen molar-refractivity contribution in [1.82, 2.24) is 0 Å². The van der Waals surface area contributed by atoms with E-state index < -0.39 is 12.0 Å². The number of Topliss-reactive ketones (excluding diaryl/α,β-unsaturated/α-hetero) is 1.